The number of amides is 1. The minimum absolute atomic E-state index is 0.210. The monoisotopic (exact) mass is 261 g/mol. The number of anilines is 1. The van der Waals surface area contributed by atoms with Crippen molar-refractivity contribution in [2.75, 3.05) is 12.4 Å². The van der Waals surface area contributed by atoms with Crippen LogP contribution >= 0.6 is 0 Å². The molecule has 0 bridgehead atoms. The molecule has 2 heterocycles. The number of aromatic amines is 1. The van der Waals surface area contributed by atoms with Gasteiger partial charge in [0.15, 0.2) is 0 Å². The topological polar surface area (TPSA) is 92.8 Å². The molecule has 0 aliphatic rings. The quantitative estimate of drug-likeness (QED) is 0.870. The average molecular weight is 261 g/mol. The van der Waals surface area contributed by atoms with Crippen molar-refractivity contribution >= 4 is 11.9 Å². The van der Waals surface area contributed by atoms with Crippen LogP contribution in [0.15, 0.2) is 6.07 Å². The molecular weight excluding hydrogens is 246 g/mol. The van der Waals surface area contributed by atoms with Crippen molar-refractivity contribution in [1.82, 2.24) is 20.2 Å². The molecule has 100 valence electrons. The Morgan fingerprint density at radius 1 is 1.32 bits per heavy atom. The summed E-state index contributed by atoms with van der Waals surface area (Å²) >= 11 is 0. The Balaban J connectivity index is 2.26. The lowest BCUT2D eigenvalue weighted by Gasteiger charge is -2.06. The summed E-state index contributed by atoms with van der Waals surface area (Å²) in [6.45, 7) is 5.34. The molecule has 0 fully saturated rings. The highest BCUT2D eigenvalue weighted by atomic mass is 16.5. The molecule has 2 aromatic rings. The summed E-state index contributed by atoms with van der Waals surface area (Å²) in [5, 5.41) is 9.38. The first-order valence-corrected chi connectivity index (χ1v) is 5.74. The minimum Gasteiger partial charge on any atom is -0.481 e. The standard InChI is InChI=1S/C12H15N5O2/c1-6-5-9(19-4)14-12(13-6)15-11(18)10-7(2)16-17-8(10)3/h5H,1-4H3,(H,16,17)(H,13,14,15,18). The van der Waals surface area contributed by atoms with Crippen LogP contribution in [-0.4, -0.2) is 33.2 Å². The average Bonchev–Trinajstić information content (AvgIpc) is 2.68. The fourth-order valence-electron chi connectivity index (χ4n) is 1.75. The fourth-order valence-corrected chi connectivity index (χ4v) is 1.75. The van der Waals surface area contributed by atoms with E-state index in [-0.39, 0.29) is 11.9 Å². The zero-order valence-electron chi connectivity index (χ0n) is 11.2. The summed E-state index contributed by atoms with van der Waals surface area (Å²) in [5.41, 5.74) is 2.55. The van der Waals surface area contributed by atoms with E-state index in [1.165, 1.54) is 7.11 Å². The number of H-pyrrole nitrogens is 1. The molecular formula is C12H15N5O2. The van der Waals surface area contributed by atoms with E-state index in [1.54, 1.807) is 26.8 Å². The Morgan fingerprint density at radius 3 is 2.63 bits per heavy atom. The van der Waals surface area contributed by atoms with E-state index < -0.39 is 0 Å². The van der Waals surface area contributed by atoms with Crippen LogP contribution in [-0.2, 0) is 0 Å². The zero-order chi connectivity index (χ0) is 14.0. The lowest BCUT2D eigenvalue weighted by atomic mass is 10.2. The SMILES string of the molecule is COc1cc(C)nc(NC(=O)c2c(C)n[nH]c2C)n1. The highest BCUT2D eigenvalue weighted by Gasteiger charge is 2.16. The normalized spacial score (nSPS) is 10.3. The molecule has 0 spiro atoms. The molecule has 0 saturated heterocycles. The highest BCUT2D eigenvalue weighted by molar-refractivity contribution is 6.04. The molecule has 0 aliphatic carbocycles. The predicted molar refractivity (Wildman–Crippen MR) is 69.3 cm³/mol. The van der Waals surface area contributed by atoms with Gasteiger partial charge in [0.2, 0.25) is 11.8 Å². The van der Waals surface area contributed by atoms with E-state index in [9.17, 15) is 4.79 Å². The van der Waals surface area contributed by atoms with Gasteiger partial charge in [-0.3, -0.25) is 15.2 Å². The van der Waals surface area contributed by atoms with Crippen LogP contribution < -0.4 is 10.1 Å². The van der Waals surface area contributed by atoms with Crippen LogP contribution in [0.5, 0.6) is 5.88 Å². The van der Waals surface area contributed by atoms with E-state index in [2.05, 4.69) is 25.5 Å². The van der Waals surface area contributed by atoms with E-state index >= 15 is 0 Å². The number of hydrogen-bond acceptors (Lipinski definition) is 5. The Kier molecular flexibility index (Phi) is 3.46. The molecule has 0 atom stereocenters. The molecule has 0 unspecified atom stereocenters. The number of aromatic nitrogens is 4. The maximum Gasteiger partial charge on any atom is 0.261 e. The maximum atomic E-state index is 12.1. The number of nitrogens with one attached hydrogen (secondary N) is 2. The molecule has 19 heavy (non-hydrogen) atoms. The first kappa shape index (κ1) is 13.0. The second kappa shape index (κ2) is 5.05. The van der Waals surface area contributed by atoms with Crippen LogP contribution in [0, 0.1) is 20.8 Å². The Labute approximate surface area is 110 Å². The second-order valence-corrected chi connectivity index (χ2v) is 4.14. The van der Waals surface area contributed by atoms with Gasteiger partial charge in [0.05, 0.1) is 18.4 Å². The predicted octanol–water partition coefficient (Wildman–Crippen LogP) is 1.39. The minimum atomic E-state index is -0.295. The Morgan fingerprint density at radius 2 is 2.05 bits per heavy atom. The zero-order valence-corrected chi connectivity index (χ0v) is 11.2. The van der Waals surface area contributed by atoms with Crippen molar-refractivity contribution in [3.63, 3.8) is 0 Å². The van der Waals surface area contributed by atoms with Crippen molar-refractivity contribution in [3.05, 3.63) is 28.7 Å². The summed E-state index contributed by atoms with van der Waals surface area (Å²) in [6, 6.07) is 1.68. The van der Waals surface area contributed by atoms with Gasteiger partial charge in [0.1, 0.15) is 0 Å². The third kappa shape index (κ3) is 2.70. The van der Waals surface area contributed by atoms with Gasteiger partial charge in [-0.2, -0.15) is 10.1 Å². The second-order valence-electron chi connectivity index (χ2n) is 4.14. The van der Waals surface area contributed by atoms with Gasteiger partial charge in [0, 0.05) is 17.5 Å². The molecule has 7 nitrogen and oxygen atoms in total. The molecule has 2 rings (SSSR count). The van der Waals surface area contributed by atoms with Crippen LogP contribution in [0.4, 0.5) is 5.95 Å². The first-order chi connectivity index (χ1) is 9.01. The number of carbonyl (C=O) groups excluding carboxylic acids is 1. The van der Waals surface area contributed by atoms with E-state index in [4.69, 9.17) is 4.74 Å². The van der Waals surface area contributed by atoms with E-state index in [1.807, 2.05) is 0 Å². The van der Waals surface area contributed by atoms with Gasteiger partial charge < -0.3 is 4.74 Å². The number of rotatable bonds is 3. The van der Waals surface area contributed by atoms with Crippen molar-refractivity contribution in [3.8, 4) is 5.88 Å². The van der Waals surface area contributed by atoms with Crippen LogP contribution in [0.3, 0.4) is 0 Å². The number of hydrogen-bond donors (Lipinski definition) is 2. The number of ether oxygens (including phenoxy) is 1. The molecule has 0 aromatic carbocycles. The summed E-state index contributed by atoms with van der Waals surface area (Å²) in [5.74, 6) is 0.321. The van der Waals surface area contributed by atoms with Crippen LogP contribution in [0.25, 0.3) is 0 Å². The van der Waals surface area contributed by atoms with Gasteiger partial charge >= 0.3 is 0 Å². The van der Waals surface area contributed by atoms with Crippen molar-refractivity contribution in [1.29, 1.82) is 0 Å². The third-order valence-electron chi connectivity index (χ3n) is 2.62. The van der Waals surface area contributed by atoms with Crippen LogP contribution in [0.1, 0.15) is 27.4 Å². The smallest absolute Gasteiger partial charge is 0.261 e. The molecule has 2 N–H and O–H groups in total. The summed E-state index contributed by atoms with van der Waals surface area (Å²) in [4.78, 5) is 20.3. The molecule has 1 amide bonds. The lowest BCUT2D eigenvalue weighted by Crippen LogP contribution is -2.16. The molecule has 7 heteroatoms. The Hall–Kier alpha value is -2.44. The lowest BCUT2D eigenvalue weighted by molar-refractivity contribution is 0.102. The van der Waals surface area contributed by atoms with Gasteiger partial charge in [-0.05, 0) is 20.8 Å². The van der Waals surface area contributed by atoms with E-state index in [0.29, 0.717) is 28.5 Å². The summed E-state index contributed by atoms with van der Waals surface area (Å²) in [6.07, 6.45) is 0. The summed E-state index contributed by atoms with van der Waals surface area (Å²) < 4.78 is 5.03. The van der Waals surface area contributed by atoms with Gasteiger partial charge in [0.25, 0.3) is 5.91 Å². The van der Waals surface area contributed by atoms with E-state index in [0.717, 1.165) is 0 Å². The summed E-state index contributed by atoms with van der Waals surface area (Å²) in [7, 11) is 1.51. The number of aryl methyl sites for hydroxylation is 3. The van der Waals surface area contributed by atoms with Gasteiger partial charge in [-0.15, -0.1) is 0 Å². The molecule has 0 saturated carbocycles. The number of nitrogens with zero attached hydrogens (tertiary/aromatic N) is 3. The van der Waals surface area contributed by atoms with Crippen molar-refractivity contribution in [2.45, 2.75) is 20.8 Å². The Bertz CT molecular complexity index is 601. The third-order valence-corrected chi connectivity index (χ3v) is 2.62. The highest BCUT2D eigenvalue weighted by Crippen LogP contribution is 2.14. The number of methoxy groups -OCH3 is 1. The molecule has 0 radical (unpaired) electrons. The van der Waals surface area contributed by atoms with Crippen molar-refractivity contribution < 1.29 is 9.53 Å². The van der Waals surface area contributed by atoms with Gasteiger partial charge in [-0.1, -0.05) is 0 Å². The first-order valence-electron chi connectivity index (χ1n) is 5.74. The number of carbonyl (C=O) groups is 1. The largest absolute Gasteiger partial charge is 0.481 e. The maximum absolute atomic E-state index is 12.1. The fraction of sp³-hybridized carbons (Fsp3) is 0.333. The molecule has 2 aromatic heterocycles. The molecule has 0 aliphatic heterocycles. The van der Waals surface area contributed by atoms with Gasteiger partial charge in [-0.25, -0.2) is 4.98 Å². The van der Waals surface area contributed by atoms with Crippen molar-refractivity contribution in [2.24, 2.45) is 0 Å². The van der Waals surface area contributed by atoms with Crippen LogP contribution in [0.2, 0.25) is 0 Å².